The van der Waals surface area contributed by atoms with Gasteiger partial charge in [0, 0.05) is 18.1 Å². The van der Waals surface area contributed by atoms with Gasteiger partial charge in [-0.3, -0.25) is 9.59 Å². The largest absolute Gasteiger partial charge is 0.357 e. The molecular weight excluding hydrogens is 332 g/mol. The second-order valence-corrected chi connectivity index (χ2v) is 5.72. The van der Waals surface area contributed by atoms with Crippen LogP contribution in [0.3, 0.4) is 0 Å². The lowest BCUT2D eigenvalue weighted by molar-refractivity contribution is -0.124. The predicted octanol–water partition coefficient (Wildman–Crippen LogP) is 2.45. The van der Waals surface area contributed by atoms with Crippen LogP contribution in [-0.2, 0) is 4.79 Å². The fourth-order valence-corrected chi connectivity index (χ4v) is 2.82. The third kappa shape index (κ3) is 2.92. The van der Waals surface area contributed by atoms with Crippen LogP contribution >= 0.6 is 27.5 Å². The fourth-order valence-electron chi connectivity index (χ4n) is 2.27. The lowest BCUT2D eigenvalue weighted by Gasteiger charge is -2.23. The Morgan fingerprint density at radius 1 is 1.47 bits per heavy atom. The van der Waals surface area contributed by atoms with Gasteiger partial charge in [-0.15, -0.1) is 0 Å². The van der Waals surface area contributed by atoms with Crippen LogP contribution in [0.1, 0.15) is 23.2 Å². The minimum Gasteiger partial charge on any atom is -0.357 e. The van der Waals surface area contributed by atoms with Crippen molar-refractivity contribution in [3.05, 3.63) is 33.3 Å². The molecule has 0 spiro atoms. The Hall–Kier alpha value is -1.07. The number of carbonyl (C=O) groups is 2. The van der Waals surface area contributed by atoms with E-state index < -0.39 is 6.04 Å². The molecule has 0 bridgehead atoms. The van der Waals surface area contributed by atoms with Crippen LogP contribution in [0.5, 0.6) is 0 Å². The lowest BCUT2D eigenvalue weighted by atomic mass is 10.1. The van der Waals surface area contributed by atoms with Crippen molar-refractivity contribution >= 4 is 39.3 Å². The topological polar surface area (TPSA) is 49.4 Å². The molecule has 19 heavy (non-hydrogen) atoms. The zero-order valence-electron chi connectivity index (χ0n) is 10.5. The molecule has 1 atom stereocenters. The van der Waals surface area contributed by atoms with Crippen molar-refractivity contribution in [1.29, 1.82) is 0 Å². The molecule has 0 saturated carbocycles. The number of rotatable bonds is 2. The Balaban J connectivity index is 2.28. The van der Waals surface area contributed by atoms with Crippen molar-refractivity contribution in [3.8, 4) is 0 Å². The standard InChI is InChI=1S/C13H14BrClN2O2/c1-16-12(18)11-3-2-6-17(11)13(19)9-7-8(14)4-5-10(9)15/h4-5,7,11H,2-3,6H2,1H3,(H,16,18). The number of nitrogens with one attached hydrogen (secondary N) is 1. The first-order valence-corrected chi connectivity index (χ1v) is 7.19. The first-order valence-electron chi connectivity index (χ1n) is 6.02. The van der Waals surface area contributed by atoms with Crippen LogP contribution in [0.15, 0.2) is 22.7 Å². The molecule has 1 aliphatic heterocycles. The highest BCUT2D eigenvalue weighted by atomic mass is 79.9. The first-order chi connectivity index (χ1) is 9.04. The molecule has 1 heterocycles. The smallest absolute Gasteiger partial charge is 0.256 e. The van der Waals surface area contributed by atoms with E-state index in [1.54, 1.807) is 30.1 Å². The Morgan fingerprint density at radius 2 is 2.21 bits per heavy atom. The second kappa shape index (κ2) is 5.92. The van der Waals surface area contributed by atoms with Gasteiger partial charge >= 0.3 is 0 Å². The summed E-state index contributed by atoms with van der Waals surface area (Å²) in [7, 11) is 1.58. The van der Waals surface area contributed by atoms with E-state index in [0.717, 1.165) is 10.9 Å². The maximum Gasteiger partial charge on any atom is 0.256 e. The first kappa shape index (κ1) is 14.3. The van der Waals surface area contributed by atoms with Gasteiger partial charge in [-0.25, -0.2) is 0 Å². The summed E-state index contributed by atoms with van der Waals surface area (Å²) in [5, 5.41) is 2.99. The van der Waals surface area contributed by atoms with E-state index in [1.807, 2.05) is 0 Å². The van der Waals surface area contributed by atoms with E-state index in [0.29, 0.717) is 23.6 Å². The number of nitrogens with zero attached hydrogens (tertiary/aromatic N) is 1. The summed E-state index contributed by atoms with van der Waals surface area (Å²) in [5.74, 6) is -0.325. The number of likely N-dealkylation sites (tertiary alicyclic amines) is 1. The lowest BCUT2D eigenvalue weighted by Crippen LogP contribution is -2.45. The van der Waals surface area contributed by atoms with Gasteiger partial charge in [0.05, 0.1) is 10.6 Å². The highest BCUT2D eigenvalue weighted by Crippen LogP contribution is 2.26. The van der Waals surface area contributed by atoms with Gasteiger partial charge in [0.15, 0.2) is 0 Å². The Morgan fingerprint density at radius 3 is 2.89 bits per heavy atom. The summed E-state index contributed by atoms with van der Waals surface area (Å²) in [6.45, 7) is 0.583. The average molecular weight is 346 g/mol. The van der Waals surface area contributed by atoms with Crippen LogP contribution in [0.4, 0.5) is 0 Å². The second-order valence-electron chi connectivity index (χ2n) is 4.39. The number of amides is 2. The Kier molecular flexibility index (Phi) is 4.47. The minimum atomic E-state index is -0.396. The molecule has 0 radical (unpaired) electrons. The quantitative estimate of drug-likeness (QED) is 0.895. The number of hydrogen-bond donors (Lipinski definition) is 1. The monoisotopic (exact) mass is 344 g/mol. The van der Waals surface area contributed by atoms with Gasteiger partial charge in [0.2, 0.25) is 5.91 Å². The van der Waals surface area contributed by atoms with Gasteiger partial charge in [0.25, 0.3) is 5.91 Å². The summed E-state index contributed by atoms with van der Waals surface area (Å²) >= 11 is 9.38. The number of hydrogen-bond acceptors (Lipinski definition) is 2. The molecule has 0 aliphatic carbocycles. The van der Waals surface area contributed by atoms with Crippen molar-refractivity contribution < 1.29 is 9.59 Å². The summed E-state index contributed by atoms with van der Waals surface area (Å²) in [6.07, 6.45) is 1.52. The summed E-state index contributed by atoms with van der Waals surface area (Å²) < 4.78 is 0.788. The third-order valence-corrected chi connectivity index (χ3v) is 4.04. The van der Waals surface area contributed by atoms with E-state index in [4.69, 9.17) is 11.6 Å². The fraction of sp³-hybridized carbons (Fsp3) is 0.385. The molecule has 1 unspecified atom stereocenters. The number of halogens is 2. The summed E-state index contributed by atoms with van der Waals surface area (Å²) in [5.41, 5.74) is 0.423. The van der Waals surface area contributed by atoms with E-state index in [-0.39, 0.29) is 11.8 Å². The molecule has 1 aliphatic rings. The minimum absolute atomic E-state index is 0.128. The molecule has 0 aromatic heterocycles. The average Bonchev–Trinajstić information content (AvgIpc) is 2.89. The van der Waals surface area contributed by atoms with E-state index in [9.17, 15) is 9.59 Å². The van der Waals surface area contributed by atoms with Crippen LogP contribution in [0.2, 0.25) is 5.02 Å². The van der Waals surface area contributed by atoms with Crippen LogP contribution in [0, 0.1) is 0 Å². The normalized spacial score (nSPS) is 18.5. The Bertz CT molecular complexity index is 521. The molecule has 102 valence electrons. The summed E-state index contributed by atoms with van der Waals surface area (Å²) in [6, 6.07) is 4.74. The molecule has 1 aromatic carbocycles. The molecule has 6 heteroatoms. The van der Waals surface area contributed by atoms with Crippen molar-refractivity contribution in [2.24, 2.45) is 0 Å². The van der Waals surface area contributed by atoms with Crippen LogP contribution in [-0.4, -0.2) is 36.3 Å². The molecule has 1 aromatic rings. The molecule has 1 N–H and O–H groups in total. The van der Waals surface area contributed by atoms with Crippen molar-refractivity contribution in [2.75, 3.05) is 13.6 Å². The molecule has 2 rings (SSSR count). The van der Waals surface area contributed by atoms with Crippen molar-refractivity contribution in [1.82, 2.24) is 10.2 Å². The third-order valence-electron chi connectivity index (χ3n) is 3.22. The number of carbonyl (C=O) groups excluding carboxylic acids is 2. The Labute approximate surface area is 125 Å². The van der Waals surface area contributed by atoms with Gasteiger partial charge in [-0.2, -0.15) is 0 Å². The maximum absolute atomic E-state index is 12.5. The predicted molar refractivity (Wildman–Crippen MR) is 77.3 cm³/mol. The zero-order chi connectivity index (χ0) is 14.0. The van der Waals surface area contributed by atoms with Crippen LogP contribution < -0.4 is 5.32 Å². The molecule has 1 saturated heterocycles. The zero-order valence-corrected chi connectivity index (χ0v) is 12.8. The van der Waals surface area contributed by atoms with E-state index in [1.165, 1.54) is 0 Å². The van der Waals surface area contributed by atoms with Gasteiger partial charge in [-0.05, 0) is 31.0 Å². The number of likely N-dealkylation sites (N-methyl/N-ethyl adjacent to an activating group) is 1. The maximum atomic E-state index is 12.5. The van der Waals surface area contributed by atoms with Crippen molar-refractivity contribution in [2.45, 2.75) is 18.9 Å². The summed E-state index contributed by atoms with van der Waals surface area (Å²) in [4.78, 5) is 25.8. The van der Waals surface area contributed by atoms with Gasteiger partial charge in [-0.1, -0.05) is 27.5 Å². The van der Waals surface area contributed by atoms with Crippen molar-refractivity contribution in [3.63, 3.8) is 0 Å². The van der Waals surface area contributed by atoms with Crippen LogP contribution in [0.25, 0.3) is 0 Å². The molecule has 1 fully saturated rings. The SMILES string of the molecule is CNC(=O)C1CCCN1C(=O)c1cc(Br)ccc1Cl. The van der Waals surface area contributed by atoms with Gasteiger partial charge in [0.1, 0.15) is 6.04 Å². The van der Waals surface area contributed by atoms with E-state index in [2.05, 4.69) is 21.2 Å². The number of benzene rings is 1. The molecule has 4 nitrogen and oxygen atoms in total. The molecule has 2 amide bonds. The van der Waals surface area contributed by atoms with Gasteiger partial charge < -0.3 is 10.2 Å². The molecular formula is C13H14BrClN2O2. The van der Waals surface area contributed by atoms with E-state index >= 15 is 0 Å². The highest BCUT2D eigenvalue weighted by Gasteiger charge is 2.34. The highest BCUT2D eigenvalue weighted by molar-refractivity contribution is 9.10.